The fourth-order valence-corrected chi connectivity index (χ4v) is 5.86. The first-order chi connectivity index (χ1) is 21.4. The van der Waals surface area contributed by atoms with E-state index in [2.05, 4.69) is 54.6 Å². The summed E-state index contributed by atoms with van der Waals surface area (Å²) in [5.74, 6) is 0. The fourth-order valence-electron chi connectivity index (χ4n) is 5.86. The molecule has 7 aromatic carbocycles. The van der Waals surface area contributed by atoms with Crippen LogP contribution in [-0.2, 0) is 0 Å². The summed E-state index contributed by atoms with van der Waals surface area (Å²) in [6.07, 6.45) is 0. The second kappa shape index (κ2) is 8.72. The zero-order valence-corrected chi connectivity index (χ0v) is 20.9. The largest absolute Gasteiger partial charge is 0.456 e. The van der Waals surface area contributed by atoms with Crippen LogP contribution in [0.4, 0.5) is 0 Å². The third-order valence-electron chi connectivity index (χ3n) is 7.54. The first-order valence-electron chi connectivity index (χ1n) is 15.4. The predicted molar refractivity (Wildman–Crippen MR) is 165 cm³/mol. The molecule has 1 heteroatoms. The summed E-state index contributed by atoms with van der Waals surface area (Å²) in [5, 5.41) is 6.48. The summed E-state index contributed by atoms with van der Waals surface area (Å²) in [6.45, 7) is 0. The van der Waals surface area contributed by atoms with Gasteiger partial charge in [0.15, 0.2) is 0 Å². The lowest BCUT2D eigenvalue weighted by Crippen LogP contribution is -1.91. The van der Waals surface area contributed by atoms with Crippen molar-refractivity contribution in [1.82, 2.24) is 0 Å². The maximum absolute atomic E-state index is 8.55. The van der Waals surface area contributed by atoms with Crippen molar-refractivity contribution < 1.29 is 11.3 Å². The van der Waals surface area contributed by atoms with Crippen LogP contribution in [0.15, 0.2) is 150 Å². The topological polar surface area (TPSA) is 13.1 Å². The minimum atomic E-state index is -0.394. The highest BCUT2D eigenvalue weighted by Gasteiger charge is 2.18. The summed E-state index contributed by atoms with van der Waals surface area (Å²) < 4.78 is 47.6. The van der Waals surface area contributed by atoms with Gasteiger partial charge in [0.25, 0.3) is 0 Å². The number of para-hydroxylation sites is 1. The summed E-state index contributed by atoms with van der Waals surface area (Å²) in [7, 11) is 0. The fraction of sp³-hybridized carbons (Fsp3) is 0. The van der Waals surface area contributed by atoms with Gasteiger partial charge in [-0.05, 0) is 79.2 Å². The highest BCUT2D eigenvalue weighted by molar-refractivity contribution is 6.22. The van der Waals surface area contributed by atoms with Crippen molar-refractivity contribution in [3.63, 3.8) is 0 Å². The molecule has 8 rings (SSSR count). The Morgan fingerprint density at radius 2 is 0.923 bits per heavy atom. The van der Waals surface area contributed by atoms with Gasteiger partial charge < -0.3 is 4.42 Å². The molecule has 0 aliphatic heterocycles. The van der Waals surface area contributed by atoms with Crippen LogP contribution in [0.5, 0.6) is 0 Å². The van der Waals surface area contributed by atoms with Gasteiger partial charge in [-0.25, -0.2) is 0 Å². The van der Waals surface area contributed by atoms with Gasteiger partial charge in [0.1, 0.15) is 11.2 Å². The third-order valence-corrected chi connectivity index (χ3v) is 7.54. The minimum absolute atomic E-state index is 0.198. The molecule has 0 atom stereocenters. The van der Waals surface area contributed by atoms with E-state index in [-0.39, 0.29) is 29.7 Å². The maximum Gasteiger partial charge on any atom is 0.135 e. The molecule has 0 radical (unpaired) electrons. The van der Waals surface area contributed by atoms with Crippen LogP contribution in [-0.4, -0.2) is 0 Å². The van der Waals surface area contributed by atoms with Crippen LogP contribution in [0.1, 0.15) is 6.85 Å². The van der Waals surface area contributed by atoms with Crippen LogP contribution in [0.3, 0.4) is 0 Å². The van der Waals surface area contributed by atoms with Crippen molar-refractivity contribution in [2.24, 2.45) is 0 Å². The zero-order chi connectivity index (χ0) is 30.1. The summed E-state index contributed by atoms with van der Waals surface area (Å²) >= 11 is 0. The number of furan rings is 1. The molecule has 0 N–H and O–H groups in total. The molecule has 0 aliphatic rings. The van der Waals surface area contributed by atoms with Crippen LogP contribution in [0.25, 0.3) is 76.9 Å². The first kappa shape index (κ1) is 17.4. The Kier molecular flexibility index (Phi) is 3.89. The lowest BCUT2D eigenvalue weighted by molar-refractivity contribution is 0.669. The average Bonchev–Trinajstić information content (AvgIpc) is 3.43. The number of hydrogen-bond donors (Lipinski definition) is 0. The van der Waals surface area contributed by atoms with Crippen molar-refractivity contribution >= 4 is 43.5 Å². The summed E-state index contributed by atoms with van der Waals surface area (Å²) in [6, 6.07) is 37.4. The SMILES string of the molecule is [2H]c1c([2H])c([2H])c(-c2cccc(-c3c4ccccc4c(-c4ccc5oc6ccccc6c5c4)c4ccccc34)c2)c([2H])c1[2H]. The van der Waals surface area contributed by atoms with E-state index in [4.69, 9.17) is 11.3 Å². The van der Waals surface area contributed by atoms with E-state index in [0.717, 1.165) is 65.7 Å². The van der Waals surface area contributed by atoms with Gasteiger partial charge in [-0.1, -0.05) is 121 Å². The second-order valence-corrected chi connectivity index (χ2v) is 9.73. The smallest absolute Gasteiger partial charge is 0.135 e. The number of fused-ring (bicyclic) bond motifs is 5. The van der Waals surface area contributed by atoms with Crippen LogP contribution < -0.4 is 0 Å². The van der Waals surface area contributed by atoms with Crippen molar-refractivity contribution in [1.29, 1.82) is 0 Å². The molecule has 8 aromatic rings. The Morgan fingerprint density at radius 3 is 1.59 bits per heavy atom. The molecule has 1 aromatic heterocycles. The minimum Gasteiger partial charge on any atom is -0.456 e. The number of rotatable bonds is 3. The second-order valence-electron chi connectivity index (χ2n) is 9.73. The highest BCUT2D eigenvalue weighted by Crippen LogP contribution is 2.45. The maximum atomic E-state index is 8.55. The lowest BCUT2D eigenvalue weighted by atomic mass is 9.85. The molecule has 0 saturated heterocycles. The van der Waals surface area contributed by atoms with Gasteiger partial charge in [0.2, 0.25) is 0 Å². The van der Waals surface area contributed by atoms with E-state index in [1.807, 2.05) is 54.6 Å². The monoisotopic (exact) mass is 501 g/mol. The molecule has 182 valence electrons. The van der Waals surface area contributed by atoms with Crippen LogP contribution >= 0.6 is 0 Å². The Bertz CT molecular complexity index is 2370. The molecule has 0 amide bonds. The van der Waals surface area contributed by atoms with Gasteiger partial charge >= 0.3 is 0 Å². The van der Waals surface area contributed by atoms with Crippen LogP contribution in [0, 0.1) is 0 Å². The van der Waals surface area contributed by atoms with Gasteiger partial charge in [-0.2, -0.15) is 0 Å². The normalized spacial score (nSPS) is 13.4. The van der Waals surface area contributed by atoms with E-state index in [9.17, 15) is 0 Å². The van der Waals surface area contributed by atoms with E-state index in [0.29, 0.717) is 5.56 Å². The Labute approximate surface area is 233 Å². The summed E-state index contributed by atoms with van der Waals surface area (Å²) in [5.41, 5.74) is 6.66. The quantitative estimate of drug-likeness (QED) is 0.219. The summed E-state index contributed by atoms with van der Waals surface area (Å²) in [4.78, 5) is 0. The first-order valence-corrected chi connectivity index (χ1v) is 12.9. The van der Waals surface area contributed by atoms with Crippen LogP contribution in [0.2, 0.25) is 0 Å². The number of benzene rings is 7. The Balaban J connectivity index is 1.42. The number of hydrogen-bond acceptors (Lipinski definition) is 1. The highest BCUT2D eigenvalue weighted by atomic mass is 16.3. The van der Waals surface area contributed by atoms with Crippen molar-refractivity contribution in [2.75, 3.05) is 0 Å². The molecule has 0 fully saturated rings. The lowest BCUT2D eigenvalue weighted by Gasteiger charge is -2.18. The molecule has 1 nitrogen and oxygen atoms in total. The van der Waals surface area contributed by atoms with E-state index >= 15 is 0 Å². The van der Waals surface area contributed by atoms with E-state index in [1.165, 1.54) is 0 Å². The molecule has 0 spiro atoms. The third kappa shape index (κ3) is 3.48. The van der Waals surface area contributed by atoms with Gasteiger partial charge in [-0.15, -0.1) is 0 Å². The molecular formula is C38H24O. The zero-order valence-electron chi connectivity index (χ0n) is 25.9. The molecule has 0 saturated carbocycles. The average molecular weight is 502 g/mol. The molecule has 0 aliphatic carbocycles. The van der Waals surface area contributed by atoms with E-state index in [1.54, 1.807) is 6.07 Å². The molecule has 0 bridgehead atoms. The standard InChI is InChI=1S/C38H24O/c1-2-11-25(12-3-1)26-13-10-14-27(23-26)37-30-16-4-6-18-32(30)38(33-19-7-5-17-31(33)37)28-21-22-36-34(24-28)29-15-8-9-20-35(29)39-36/h1-24H/i1D,2D,3D,11D,12D. The van der Waals surface area contributed by atoms with E-state index < -0.39 is 6.04 Å². The molecule has 39 heavy (non-hydrogen) atoms. The van der Waals surface area contributed by atoms with Crippen molar-refractivity contribution in [3.05, 3.63) is 145 Å². The van der Waals surface area contributed by atoms with Gasteiger partial charge in [-0.3, -0.25) is 0 Å². The van der Waals surface area contributed by atoms with Crippen molar-refractivity contribution in [3.8, 4) is 33.4 Å². The molecule has 0 unspecified atom stereocenters. The van der Waals surface area contributed by atoms with Gasteiger partial charge in [0.05, 0.1) is 6.85 Å². The predicted octanol–water partition coefficient (Wildman–Crippen LogP) is 10.9. The van der Waals surface area contributed by atoms with Crippen molar-refractivity contribution in [2.45, 2.75) is 0 Å². The Hall–Kier alpha value is -5.14. The Morgan fingerprint density at radius 1 is 0.385 bits per heavy atom. The molecule has 1 heterocycles. The van der Waals surface area contributed by atoms with Gasteiger partial charge in [0, 0.05) is 10.8 Å². The molecular weight excluding hydrogens is 472 g/mol.